The Morgan fingerprint density at radius 2 is 1.24 bits per heavy atom. The summed E-state index contributed by atoms with van der Waals surface area (Å²) in [6, 6.07) is 0. The third-order valence-corrected chi connectivity index (χ3v) is 3.10. The molecule has 0 saturated heterocycles. The minimum Gasteiger partial charge on any atom is -0.370 e. The lowest BCUT2D eigenvalue weighted by molar-refractivity contribution is -0.118. The van der Waals surface area contributed by atoms with Crippen LogP contribution >= 0.6 is 0 Å². The van der Waals surface area contributed by atoms with Crippen molar-refractivity contribution in [2.24, 2.45) is 11.1 Å². The number of rotatable bonds is 10. The fourth-order valence-corrected chi connectivity index (χ4v) is 2.02. The van der Waals surface area contributed by atoms with Crippen molar-refractivity contribution >= 4 is 5.91 Å². The van der Waals surface area contributed by atoms with Gasteiger partial charge in [-0.05, 0) is 18.3 Å². The van der Waals surface area contributed by atoms with Crippen LogP contribution in [0.25, 0.3) is 0 Å². The summed E-state index contributed by atoms with van der Waals surface area (Å²) in [7, 11) is 0. The smallest absolute Gasteiger partial charge is 0.217 e. The largest absolute Gasteiger partial charge is 0.370 e. The van der Waals surface area contributed by atoms with Gasteiger partial charge in [-0.3, -0.25) is 4.79 Å². The highest BCUT2D eigenvalue weighted by Gasteiger charge is 2.08. The molecule has 1 amide bonds. The number of amides is 1. The number of primary amides is 1. The minimum absolute atomic E-state index is 0.160. The summed E-state index contributed by atoms with van der Waals surface area (Å²) in [6.07, 6.45) is 12.1. The van der Waals surface area contributed by atoms with Crippen LogP contribution in [0, 0.1) is 5.41 Å². The maximum atomic E-state index is 10.5. The van der Waals surface area contributed by atoms with Crippen molar-refractivity contribution < 1.29 is 4.79 Å². The highest BCUT2D eigenvalue weighted by atomic mass is 16.1. The molecule has 2 N–H and O–H groups in total. The molecular weight excluding hydrogens is 210 g/mol. The maximum absolute atomic E-state index is 10.5. The van der Waals surface area contributed by atoms with Gasteiger partial charge in [0.2, 0.25) is 5.91 Å². The molecule has 0 aromatic carbocycles. The number of carbonyl (C=O) groups excluding carboxylic acids is 1. The Labute approximate surface area is 107 Å². The van der Waals surface area contributed by atoms with E-state index < -0.39 is 0 Å². The molecule has 0 unspecified atom stereocenters. The standard InChI is InChI=1S/C15H31NO/c1-15(2,3)13-11-9-7-5-4-6-8-10-12-14(16)17/h4-13H2,1-3H3,(H2,16,17). The van der Waals surface area contributed by atoms with E-state index in [-0.39, 0.29) is 5.91 Å². The first-order valence-corrected chi connectivity index (χ1v) is 7.20. The zero-order chi connectivity index (χ0) is 13.1. The Morgan fingerprint density at radius 3 is 1.65 bits per heavy atom. The summed E-state index contributed by atoms with van der Waals surface area (Å²) in [4.78, 5) is 10.5. The molecule has 102 valence electrons. The van der Waals surface area contributed by atoms with Crippen LogP contribution in [0.15, 0.2) is 0 Å². The third kappa shape index (κ3) is 15.5. The second-order valence-electron chi connectivity index (χ2n) is 6.36. The fourth-order valence-electron chi connectivity index (χ4n) is 2.02. The number of hydrogen-bond donors (Lipinski definition) is 1. The predicted octanol–water partition coefficient (Wildman–Crippen LogP) is 4.42. The summed E-state index contributed by atoms with van der Waals surface area (Å²) in [6.45, 7) is 6.93. The first-order chi connectivity index (χ1) is 7.92. The number of hydrogen-bond acceptors (Lipinski definition) is 1. The first kappa shape index (κ1) is 16.5. The lowest BCUT2D eigenvalue weighted by atomic mass is 9.89. The van der Waals surface area contributed by atoms with Crippen molar-refractivity contribution in [2.75, 3.05) is 0 Å². The Bertz CT molecular complexity index is 194. The van der Waals surface area contributed by atoms with E-state index in [1.807, 2.05) is 0 Å². The van der Waals surface area contributed by atoms with Gasteiger partial charge >= 0.3 is 0 Å². The van der Waals surface area contributed by atoms with Crippen molar-refractivity contribution in [3.63, 3.8) is 0 Å². The van der Waals surface area contributed by atoms with Crippen LogP contribution in [0.1, 0.15) is 85.0 Å². The van der Waals surface area contributed by atoms with Crippen LogP contribution in [0.2, 0.25) is 0 Å². The molecule has 2 nitrogen and oxygen atoms in total. The second-order valence-corrected chi connectivity index (χ2v) is 6.36. The summed E-state index contributed by atoms with van der Waals surface area (Å²) >= 11 is 0. The van der Waals surface area contributed by atoms with Gasteiger partial charge in [0.05, 0.1) is 0 Å². The van der Waals surface area contributed by atoms with Gasteiger partial charge in [-0.2, -0.15) is 0 Å². The van der Waals surface area contributed by atoms with Gasteiger partial charge in [0.1, 0.15) is 0 Å². The molecule has 2 heteroatoms. The molecule has 0 atom stereocenters. The van der Waals surface area contributed by atoms with Crippen LogP contribution < -0.4 is 5.73 Å². The highest BCUT2D eigenvalue weighted by Crippen LogP contribution is 2.22. The molecule has 17 heavy (non-hydrogen) atoms. The van der Waals surface area contributed by atoms with E-state index in [0.29, 0.717) is 11.8 Å². The van der Waals surface area contributed by atoms with Crippen LogP contribution in [0.3, 0.4) is 0 Å². The normalized spacial score (nSPS) is 11.7. The summed E-state index contributed by atoms with van der Waals surface area (Å²) in [5.74, 6) is -0.160. The van der Waals surface area contributed by atoms with E-state index in [9.17, 15) is 4.79 Å². The molecule has 0 spiro atoms. The molecule has 0 aromatic heterocycles. The van der Waals surface area contributed by atoms with Crippen LogP contribution in [-0.4, -0.2) is 5.91 Å². The van der Waals surface area contributed by atoms with Crippen molar-refractivity contribution in [3.8, 4) is 0 Å². The number of unbranched alkanes of at least 4 members (excludes halogenated alkanes) is 7. The van der Waals surface area contributed by atoms with Crippen molar-refractivity contribution in [1.29, 1.82) is 0 Å². The van der Waals surface area contributed by atoms with Gasteiger partial charge in [0.25, 0.3) is 0 Å². The second kappa shape index (κ2) is 9.49. The van der Waals surface area contributed by atoms with Crippen molar-refractivity contribution in [1.82, 2.24) is 0 Å². The Hall–Kier alpha value is -0.530. The van der Waals surface area contributed by atoms with Crippen LogP contribution in [0.4, 0.5) is 0 Å². The van der Waals surface area contributed by atoms with Gasteiger partial charge in [-0.1, -0.05) is 65.7 Å². The van der Waals surface area contributed by atoms with Gasteiger partial charge in [-0.25, -0.2) is 0 Å². The highest BCUT2D eigenvalue weighted by molar-refractivity contribution is 5.73. The number of nitrogens with two attached hydrogens (primary N) is 1. The Morgan fingerprint density at radius 1 is 0.824 bits per heavy atom. The minimum atomic E-state index is -0.160. The lowest BCUT2D eigenvalue weighted by Crippen LogP contribution is -2.09. The monoisotopic (exact) mass is 241 g/mol. The predicted molar refractivity (Wildman–Crippen MR) is 74.8 cm³/mol. The molecule has 0 aromatic rings. The van der Waals surface area contributed by atoms with Crippen molar-refractivity contribution in [2.45, 2.75) is 85.0 Å². The quantitative estimate of drug-likeness (QED) is 0.565. The molecule has 0 aliphatic carbocycles. The van der Waals surface area contributed by atoms with Gasteiger partial charge in [-0.15, -0.1) is 0 Å². The van der Waals surface area contributed by atoms with Crippen LogP contribution in [0.5, 0.6) is 0 Å². The topological polar surface area (TPSA) is 43.1 Å². The van der Waals surface area contributed by atoms with Gasteiger partial charge in [0.15, 0.2) is 0 Å². The van der Waals surface area contributed by atoms with Crippen molar-refractivity contribution in [3.05, 3.63) is 0 Å². The van der Waals surface area contributed by atoms with E-state index >= 15 is 0 Å². The van der Waals surface area contributed by atoms with E-state index in [4.69, 9.17) is 5.73 Å². The summed E-state index contributed by atoms with van der Waals surface area (Å²) < 4.78 is 0. The van der Waals surface area contributed by atoms with Crippen LogP contribution in [-0.2, 0) is 4.79 Å². The number of carbonyl (C=O) groups is 1. The van der Waals surface area contributed by atoms with E-state index in [2.05, 4.69) is 20.8 Å². The zero-order valence-corrected chi connectivity index (χ0v) is 12.1. The average molecular weight is 241 g/mol. The lowest BCUT2D eigenvalue weighted by Gasteiger charge is -2.17. The molecule has 0 saturated carbocycles. The van der Waals surface area contributed by atoms with Gasteiger partial charge < -0.3 is 5.73 Å². The molecule has 0 fully saturated rings. The maximum Gasteiger partial charge on any atom is 0.217 e. The van der Waals surface area contributed by atoms with E-state index in [1.165, 1.54) is 44.9 Å². The fraction of sp³-hybridized carbons (Fsp3) is 0.933. The molecule has 0 aliphatic rings. The third-order valence-electron chi connectivity index (χ3n) is 3.10. The molecule has 0 bridgehead atoms. The molecule has 0 radical (unpaired) electrons. The molecule has 0 rings (SSSR count). The first-order valence-electron chi connectivity index (χ1n) is 7.20. The van der Waals surface area contributed by atoms with E-state index in [1.54, 1.807) is 0 Å². The summed E-state index contributed by atoms with van der Waals surface area (Å²) in [5, 5.41) is 0. The average Bonchev–Trinajstić information content (AvgIpc) is 2.18. The Kier molecular flexibility index (Phi) is 9.20. The summed E-state index contributed by atoms with van der Waals surface area (Å²) in [5.41, 5.74) is 5.58. The van der Waals surface area contributed by atoms with E-state index in [0.717, 1.165) is 12.8 Å². The SMILES string of the molecule is CC(C)(C)CCCCCCCCCCC(N)=O. The molecule has 0 heterocycles. The van der Waals surface area contributed by atoms with Gasteiger partial charge in [0, 0.05) is 6.42 Å². The molecular formula is C15H31NO. The Balaban J connectivity index is 3.06. The molecule has 0 aliphatic heterocycles. The zero-order valence-electron chi connectivity index (χ0n) is 12.1.